The molecule has 0 saturated carbocycles. The molecule has 1 amide bonds. The molecule has 0 spiro atoms. The van der Waals surface area contributed by atoms with Crippen LogP contribution in [0.2, 0.25) is 0 Å². The molecule has 0 saturated heterocycles. The zero-order chi connectivity index (χ0) is 9.56. The van der Waals surface area contributed by atoms with Crippen LogP contribution >= 0.6 is 0 Å². The van der Waals surface area contributed by atoms with Crippen molar-refractivity contribution in [1.29, 1.82) is 0 Å². The van der Waals surface area contributed by atoms with E-state index in [9.17, 15) is 4.79 Å². The maximum absolute atomic E-state index is 11.0. The van der Waals surface area contributed by atoms with E-state index in [1.54, 1.807) is 6.08 Å². The lowest BCUT2D eigenvalue weighted by Crippen LogP contribution is -2.28. The highest BCUT2D eigenvalue weighted by Gasteiger charge is 1.96. The molecule has 0 aliphatic rings. The molecular formula is C10H22N2O. The van der Waals surface area contributed by atoms with Gasteiger partial charge in [-0.25, -0.2) is 0 Å². The first-order valence-corrected chi connectivity index (χ1v) is 4.14. The molecule has 0 heterocycles. The number of nitrogens with zero attached hydrogens (tertiary/aromatic N) is 1. The third-order valence-corrected chi connectivity index (χ3v) is 1.17. The number of carbonyl (C=O) groups excluding carboxylic acids is 1. The molecule has 0 aliphatic heterocycles. The quantitative estimate of drug-likeness (QED) is 0.670. The Bertz CT molecular complexity index is 162. The molecule has 13 heavy (non-hydrogen) atoms. The lowest BCUT2D eigenvalue weighted by Gasteiger charge is -2.05. The van der Waals surface area contributed by atoms with Gasteiger partial charge in [0.2, 0.25) is 5.91 Å². The summed E-state index contributed by atoms with van der Waals surface area (Å²) in [5.41, 5.74) is 0. The molecule has 0 radical (unpaired) electrons. The second-order valence-electron chi connectivity index (χ2n) is 3.33. The van der Waals surface area contributed by atoms with Gasteiger partial charge >= 0.3 is 0 Å². The standard InChI is InChI=1S/C9H18N2O.CH4/c1-8(2)10-9(12)6-5-7-11(3)4;/h5-6,8H,7H2,1-4H3,(H,10,12);1H4/b6-5+;. The highest BCUT2D eigenvalue weighted by Crippen LogP contribution is 1.81. The molecule has 0 fully saturated rings. The summed E-state index contributed by atoms with van der Waals surface area (Å²) in [6, 6.07) is 0.210. The number of hydrogen-bond acceptors (Lipinski definition) is 2. The van der Waals surface area contributed by atoms with Gasteiger partial charge in [0.1, 0.15) is 0 Å². The minimum atomic E-state index is -0.0214. The fourth-order valence-corrected chi connectivity index (χ4v) is 0.703. The van der Waals surface area contributed by atoms with E-state index >= 15 is 0 Å². The fraction of sp³-hybridized carbons (Fsp3) is 0.700. The molecular weight excluding hydrogens is 164 g/mol. The Morgan fingerprint density at radius 2 is 2.00 bits per heavy atom. The molecule has 0 unspecified atom stereocenters. The van der Waals surface area contributed by atoms with Gasteiger partial charge in [-0.05, 0) is 27.9 Å². The zero-order valence-corrected chi connectivity index (χ0v) is 8.29. The Kier molecular flexibility index (Phi) is 8.81. The molecule has 0 aromatic heterocycles. The zero-order valence-electron chi connectivity index (χ0n) is 8.29. The molecule has 0 aromatic rings. The Morgan fingerprint density at radius 1 is 1.46 bits per heavy atom. The van der Waals surface area contributed by atoms with Gasteiger partial charge in [-0.1, -0.05) is 13.5 Å². The first-order valence-electron chi connectivity index (χ1n) is 4.14. The van der Waals surface area contributed by atoms with Crippen LogP contribution in [0.4, 0.5) is 0 Å². The first-order chi connectivity index (χ1) is 5.52. The predicted octanol–water partition coefficient (Wildman–Crippen LogP) is 1.26. The summed E-state index contributed by atoms with van der Waals surface area (Å²) in [5, 5.41) is 2.77. The lowest BCUT2D eigenvalue weighted by molar-refractivity contribution is -0.116. The average Bonchev–Trinajstić information content (AvgIpc) is 1.84. The summed E-state index contributed by atoms with van der Waals surface area (Å²) in [6.07, 6.45) is 3.41. The third kappa shape index (κ3) is 11.2. The molecule has 3 heteroatoms. The molecule has 1 N–H and O–H groups in total. The van der Waals surface area contributed by atoms with Crippen LogP contribution in [0.3, 0.4) is 0 Å². The van der Waals surface area contributed by atoms with Gasteiger partial charge in [-0.3, -0.25) is 4.79 Å². The van der Waals surface area contributed by atoms with E-state index in [1.165, 1.54) is 0 Å². The summed E-state index contributed by atoms with van der Waals surface area (Å²) in [5.74, 6) is -0.0214. The van der Waals surface area contributed by atoms with Crippen molar-refractivity contribution in [3.05, 3.63) is 12.2 Å². The maximum atomic E-state index is 11.0. The number of rotatable bonds is 4. The highest BCUT2D eigenvalue weighted by atomic mass is 16.1. The van der Waals surface area contributed by atoms with E-state index in [0.717, 1.165) is 6.54 Å². The van der Waals surface area contributed by atoms with Crippen LogP contribution in [0.15, 0.2) is 12.2 Å². The van der Waals surface area contributed by atoms with Crippen LogP contribution in [0.25, 0.3) is 0 Å². The highest BCUT2D eigenvalue weighted by molar-refractivity contribution is 5.87. The molecule has 0 aromatic carbocycles. The van der Waals surface area contributed by atoms with Gasteiger partial charge < -0.3 is 10.2 Å². The normalized spacial score (nSPS) is 10.6. The monoisotopic (exact) mass is 186 g/mol. The van der Waals surface area contributed by atoms with Crippen molar-refractivity contribution in [2.24, 2.45) is 0 Å². The first kappa shape index (κ1) is 14.7. The van der Waals surface area contributed by atoms with Crippen molar-refractivity contribution in [3.8, 4) is 0 Å². The molecule has 0 bridgehead atoms. The second-order valence-corrected chi connectivity index (χ2v) is 3.33. The average molecular weight is 186 g/mol. The molecule has 0 atom stereocenters. The van der Waals surface area contributed by atoms with Crippen molar-refractivity contribution in [2.75, 3.05) is 20.6 Å². The van der Waals surface area contributed by atoms with Gasteiger partial charge in [-0.2, -0.15) is 0 Å². The van der Waals surface area contributed by atoms with Gasteiger partial charge in [0, 0.05) is 18.7 Å². The van der Waals surface area contributed by atoms with Gasteiger partial charge in [0.25, 0.3) is 0 Å². The summed E-state index contributed by atoms with van der Waals surface area (Å²) in [4.78, 5) is 13.0. The summed E-state index contributed by atoms with van der Waals surface area (Å²) in [6.45, 7) is 4.68. The van der Waals surface area contributed by atoms with Crippen LogP contribution < -0.4 is 5.32 Å². The van der Waals surface area contributed by atoms with E-state index in [2.05, 4.69) is 5.32 Å². The number of carbonyl (C=O) groups is 1. The van der Waals surface area contributed by atoms with Crippen molar-refractivity contribution >= 4 is 5.91 Å². The van der Waals surface area contributed by atoms with E-state index in [4.69, 9.17) is 0 Å². The van der Waals surface area contributed by atoms with E-state index in [0.29, 0.717) is 0 Å². The van der Waals surface area contributed by atoms with Crippen LogP contribution in [-0.4, -0.2) is 37.5 Å². The van der Waals surface area contributed by atoms with Gasteiger partial charge in [0.15, 0.2) is 0 Å². The van der Waals surface area contributed by atoms with Crippen molar-refractivity contribution in [3.63, 3.8) is 0 Å². The second kappa shape index (κ2) is 7.80. The number of hydrogen-bond donors (Lipinski definition) is 1. The van der Waals surface area contributed by atoms with Crippen LogP contribution in [-0.2, 0) is 4.79 Å². The molecule has 3 nitrogen and oxygen atoms in total. The third-order valence-electron chi connectivity index (χ3n) is 1.17. The smallest absolute Gasteiger partial charge is 0.243 e. The molecule has 0 rings (SSSR count). The van der Waals surface area contributed by atoms with Crippen molar-refractivity contribution in [1.82, 2.24) is 10.2 Å². The molecule has 0 aliphatic carbocycles. The van der Waals surface area contributed by atoms with Gasteiger partial charge in [-0.15, -0.1) is 0 Å². The Hall–Kier alpha value is -0.830. The van der Waals surface area contributed by atoms with Crippen molar-refractivity contribution < 1.29 is 4.79 Å². The number of likely N-dealkylation sites (N-methyl/N-ethyl adjacent to an activating group) is 1. The fourth-order valence-electron chi connectivity index (χ4n) is 0.703. The van der Waals surface area contributed by atoms with E-state index < -0.39 is 0 Å². The summed E-state index contributed by atoms with van der Waals surface area (Å²) >= 11 is 0. The van der Waals surface area contributed by atoms with Crippen LogP contribution in [0.1, 0.15) is 21.3 Å². The Labute approximate surface area is 81.8 Å². The Balaban J connectivity index is 0. The largest absolute Gasteiger partial charge is 0.350 e. The lowest BCUT2D eigenvalue weighted by atomic mass is 10.3. The minimum absolute atomic E-state index is 0. The van der Waals surface area contributed by atoms with Crippen molar-refractivity contribution in [2.45, 2.75) is 27.3 Å². The SMILES string of the molecule is C.CC(C)NC(=O)/C=C/CN(C)C. The molecule has 78 valence electrons. The predicted molar refractivity (Wildman–Crippen MR) is 57.7 cm³/mol. The topological polar surface area (TPSA) is 32.3 Å². The van der Waals surface area contributed by atoms with Crippen LogP contribution in [0, 0.1) is 0 Å². The maximum Gasteiger partial charge on any atom is 0.243 e. The number of amides is 1. The van der Waals surface area contributed by atoms with Crippen LogP contribution in [0.5, 0.6) is 0 Å². The Morgan fingerprint density at radius 3 is 2.38 bits per heavy atom. The number of nitrogens with one attached hydrogen (secondary N) is 1. The summed E-state index contributed by atoms with van der Waals surface area (Å²) in [7, 11) is 3.93. The van der Waals surface area contributed by atoms with E-state index in [1.807, 2.05) is 38.9 Å². The minimum Gasteiger partial charge on any atom is -0.350 e. The summed E-state index contributed by atoms with van der Waals surface area (Å²) < 4.78 is 0. The van der Waals surface area contributed by atoms with E-state index in [-0.39, 0.29) is 19.4 Å². The van der Waals surface area contributed by atoms with Gasteiger partial charge in [0.05, 0.1) is 0 Å².